The number of amides is 1. The van der Waals surface area contributed by atoms with Crippen molar-refractivity contribution >= 4 is 5.91 Å². The number of carbonyl (C=O) groups is 1. The first-order chi connectivity index (χ1) is 8.09. The number of H-pyrrole nitrogens is 1. The second-order valence-electron chi connectivity index (χ2n) is 4.52. The number of hydrogen-bond acceptors (Lipinski definition) is 4. The first kappa shape index (κ1) is 12.1. The molecule has 2 unspecified atom stereocenters. The molecule has 0 bridgehead atoms. The third kappa shape index (κ3) is 2.48. The predicted octanol–water partition coefficient (Wildman–Crippen LogP) is -0.663. The molecule has 2 rings (SSSR count). The average Bonchev–Trinajstić information content (AvgIpc) is 2.84. The Hall–Kier alpha value is -1.40. The van der Waals surface area contributed by atoms with Crippen LogP contribution in [0, 0.1) is 19.8 Å². The van der Waals surface area contributed by atoms with Crippen LogP contribution in [0.25, 0.3) is 0 Å². The SMILES string of the molecule is Cc1[nH]nc(C(=O)NCC2CNCC2O)c1C. The summed E-state index contributed by atoms with van der Waals surface area (Å²) in [5.74, 6) is -0.106. The standard InChI is InChI=1S/C11H18N4O2/c1-6-7(2)14-15-10(6)11(17)13-4-8-3-12-5-9(8)16/h8-9,12,16H,3-5H2,1-2H3,(H,13,17)(H,14,15). The molecule has 0 radical (unpaired) electrons. The van der Waals surface area contributed by atoms with Crippen molar-refractivity contribution in [2.45, 2.75) is 20.0 Å². The van der Waals surface area contributed by atoms with Crippen molar-refractivity contribution < 1.29 is 9.90 Å². The van der Waals surface area contributed by atoms with Crippen LogP contribution in [0.2, 0.25) is 0 Å². The summed E-state index contributed by atoms with van der Waals surface area (Å²) >= 11 is 0. The molecule has 1 saturated heterocycles. The van der Waals surface area contributed by atoms with Gasteiger partial charge in [0.15, 0.2) is 5.69 Å². The summed E-state index contributed by atoms with van der Waals surface area (Å²) in [6, 6.07) is 0. The zero-order valence-corrected chi connectivity index (χ0v) is 10.1. The second kappa shape index (κ2) is 4.85. The topological polar surface area (TPSA) is 90.0 Å². The van der Waals surface area contributed by atoms with Gasteiger partial charge in [-0.25, -0.2) is 0 Å². The van der Waals surface area contributed by atoms with Crippen molar-refractivity contribution in [1.82, 2.24) is 20.8 Å². The molecule has 1 aromatic heterocycles. The summed E-state index contributed by atoms with van der Waals surface area (Å²) in [6.45, 7) is 5.54. The number of nitrogens with one attached hydrogen (secondary N) is 3. The van der Waals surface area contributed by atoms with Crippen molar-refractivity contribution in [3.05, 3.63) is 17.0 Å². The number of aromatic nitrogens is 2. The van der Waals surface area contributed by atoms with E-state index in [1.54, 1.807) is 0 Å². The first-order valence-electron chi connectivity index (χ1n) is 5.78. The highest BCUT2D eigenvalue weighted by Gasteiger charge is 2.25. The minimum absolute atomic E-state index is 0.0827. The Morgan fingerprint density at radius 2 is 2.29 bits per heavy atom. The van der Waals surface area contributed by atoms with Crippen LogP contribution in [0.15, 0.2) is 0 Å². The molecule has 4 N–H and O–H groups in total. The highest BCUT2D eigenvalue weighted by atomic mass is 16.3. The predicted molar refractivity (Wildman–Crippen MR) is 62.8 cm³/mol. The fraction of sp³-hybridized carbons (Fsp3) is 0.636. The number of β-amino-alcohol motifs (C(OH)–C–C–N with tert-alkyl or cyclic N) is 1. The molecule has 0 spiro atoms. The summed E-state index contributed by atoms with van der Waals surface area (Å²) < 4.78 is 0. The summed E-state index contributed by atoms with van der Waals surface area (Å²) in [4.78, 5) is 11.8. The van der Waals surface area contributed by atoms with Gasteiger partial charge in [0.2, 0.25) is 0 Å². The summed E-state index contributed by atoms with van der Waals surface area (Å²) in [5.41, 5.74) is 2.20. The maximum atomic E-state index is 11.8. The van der Waals surface area contributed by atoms with E-state index in [0.717, 1.165) is 17.8 Å². The van der Waals surface area contributed by atoms with Crippen molar-refractivity contribution in [2.75, 3.05) is 19.6 Å². The number of hydrogen-bond donors (Lipinski definition) is 4. The Labute approximate surface area is 99.8 Å². The van der Waals surface area contributed by atoms with E-state index in [1.165, 1.54) is 0 Å². The van der Waals surface area contributed by atoms with E-state index in [4.69, 9.17) is 0 Å². The van der Waals surface area contributed by atoms with Gasteiger partial charge < -0.3 is 15.7 Å². The number of aliphatic hydroxyl groups is 1. The van der Waals surface area contributed by atoms with E-state index in [1.807, 2.05) is 13.8 Å². The zero-order valence-electron chi connectivity index (χ0n) is 10.1. The van der Waals surface area contributed by atoms with Gasteiger partial charge in [-0.05, 0) is 13.8 Å². The van der Waals surface area contributed by atoms with Crippen LogP contribution in [0.3, 0.4) is 0 Å². The molecule has 1 fully saturated rings. The van der Waals surface area contributed by atoms with E-state index in [9.17, 15) is 9.90 Å². The van der Waals surface area contributed by atoms with Crippen LogP contribution in [0.1, 0.15) is 21.7 Å². The minimum atomic E-state index is -0.377. The van der Waals surface area contributed by atoms with E-state index in [0.29, 0.717) is 18.8 Å². The number of aliphatic hydroxyl groups excluding tert-OH is 1. The Kier molecular flexibility index (Phi) is 3.44. The minimum Gasteiger partial charge on any atom is -0.391 e. The normalized spacial score (nSPS) is 23.9. The Balaban J connectivity index is 1.91. The van der Waals surface area contributed by atoms with Gasteiger partial charge in [0.25, 0.3) is 5.91 Å². The molecule has 1 aromatic rings. The van der Waals surface area contributed by atoms with Crippen molar-refractivity contribution in [2.24, 2.45) is 5.92 Å². The summed E-state index contributed by atoms with van der Waals surface area (Å²) in [7, 11) is 0. The molecule has 0 aliphatic carbocycles. The molecule has 2 heterocycles. The van der Waals surface area contributed by atoms with E-state index in [2.05, 4.69) is 20.8 Å². The molecule has 1 aliphatic heterocycles. The molecule has 6 heteroatoms. The molecule has 17 heavy (non-hydrogen) atoms. The smallest absolute Gasteiger partial charge is 0.272 e. The van der Waals surface area contributed by atoms with Gasteiger partial charge in [-0.1, -0.05) is 0 Å². The average molecular weight is 238 g/mol. The number of nitrogens with zero attached hydrogens (tertiary/aromatic N) is 1. The quantitative estimate of drug-likeness (QED) is 0.562. The highest BCUT2D eigenvalue weighted by molar-refractivity contribution is 5.93. The maximum absolute atomic E-state index is 11.8. The van der Waals surface area contributed by atoms with Crippen molar-refractivity contribution in [3.63, 3.8) is 0 Å². The third-order valence-electron chi connectivity index (χ3n) is 3.30. The molecular formula is C11H18N4O2. The number of carbonyl (C=O) groups excluding carboxylic acids is 1. The third-order valence-corrected chi connectivity index (χ3v) is 3.30. The highest BCUT2D eigenvalue weighted by Crippen LogP contribution is 2.10. The van der Waals surface area contributed by atoms with Crippen LogP contribution in [-0.2, 0) is 0 Å². The fourth-order valence-corrected chi connectivity index (χ4v) is 1.94. The summed E-state index contributed by atoms with van der Waals surface area (Å²) in [6.07, 6.45) is -0.377. The van der Waals surface area contributed by atoms with E-state index in [-0.39, 0.29) is 17.9 Å². The van der Waals surface area contributed by atoms with E-state index >= 15 is 0 Å². The Morgan fingerprint density at radius 3 is 2.82 bits per heavy atom. The van der Waals surface area contributed by atoms with Crippen molar-refractivity contribution in [3.8, 4) is 0 Å². The van der Waals surface area contributed by atoms with Gasteiger partial charge in [0, 0.05) is 36.8 Å². The second-order valence-corrected chi connectivity index (χ2v) is 4.52. The van der Waals surface area contributed by atoms with Crippen LogP contribution < -0.4 is 10.6 Å². The van der Waals surface area contributed by atoms with Gasteiger partial charge in [-0.2, -0.15) is 5.10 Å². The van der Waals surface area contributed by atoms with Crippen molar-refractivity contribution in [1.29, 1.82) is 0 Å². The molecule has 1 amide bonds. The van der Waals surface area contributed by atoms with Gasteiger partial charge >= 0.3 is 0 Å². The summed E-state index contributed by atoms with van der Waals surface area (Å²) in [5, 5.41) is 22.2. The fourth-order valence-electron chi connectivity index (χ4n) is 1.94. The molecule has 0 aromatic carbocycles. The van der Waals surface area contributed by atoms with Gasteiger partial charge in [0.1, 0.15) is 0 Å². The first-order valence-corrected chi connectivity index (χ1v) is 5.78. The monoisotopic (exact) mass is 238 g/mol. The van der Waals surface area contributed by atoms with E-state index < -0.39 is 0 Å². The van der Waals surface area contributed by atoms with Crippen LogP contribution >= 0.6 is 0 Å². The molecular weight excluding hydrogens is 220 g/mol. The molecule has 0 saturated carbocycles. The zero-order chi connectivity index (χ0) is 12.4. The largest absolute Gasteiger partial charge is 0.391 e. The van der Waals surface area contributed by atoms with Crippen LogP contribution in [0.5, 0.6) is 0 Å². The van der Waals surface area contributed by atoms with Crippen LogP contribution in [-0.4, -0.2) is 46.9 Å². The van der Waals surface area contributed by atoms with Gasteiger partial charge in [-0.15, -0.1) is 0 Å². The van der Waals surface area contributed by atoms with Crippen LogP contribution in [0.4, 0.5) is 0 Å². The maximum Gasteiger partial charge on any atom is 0.272 e. The lowest BCUT2D eigenvalue weighted by Crippen LogP contribution is -2.34. The lowest BCUT2D eigenvalue weighted by molar-refractivity contribution is 0.0921. The van der Waals surface area contributed by atoms with Gasteiger partial charge in [-0.3, -0.25) is 9.89 Å². The molecule has 94 valence electrons. The number of aryl methyl sites for hydroxylation is 1. The lowest BCUT2D eigenvalue weighted by Gasteiger charge is -2.13. The Morgan fingerprint density at radius 1 is 1.53 bits per heavy atom. The number of aromatic amines is 1. The Bertz CT molecular complexity index is 416. The molecule has 6 nitrogen and oxygen atoms in total. The lowest BCUT2D eigenvalue weighted by atomic mass is 10.1. The molecule has 1 aliphatic rings. The molecule has 2 atom stereocenters. The van der Waals surface area contributed by atoms with Gasteiger partial charge in [0.05, 0.1) is 6.10 Å². The number of rotatable bonds is 3.